The van der Waals surface area contributed by atoms with Crippen molar-refractivity contribution in [1.82, 2.24) is 0 Å². The molecule has 2 aromatic rings. The molecule has 6 N–H and O–H groups in total. The molecule has 0 aliphatic carbocycles. The first-order chi connectivity index (χ1) is 11.6. The second-order valence-electron chi connectivity index (χ2n) is 4.92. The SMILES string of the molecule is NCC(=O)Nc1ccccc1C(=O)c1ccccc1NC(=O)CN. The molecule has 0 heterocycles. The lowest BCUT2D eigenvalue weighted by Crippen LogP contribution is -2.24. The van der Waals surface area contributed by atoms with Gasteiger partial charge in [0.1, 0.15) is 0 Å². The Morgan fingerprint density at radius 3 is 1.46 bits per heavy atom. The van der Waals surface area contributed by atoms with Crippen LogP contribution in [0, 0.1) is 0 Å². The lowest BCUT2D eigenvalue weighted by atomic mass is 10.00. The fourth-order valence-corrected chi connectivity index (χ4v) is 2.13. The van der Waals surface area contributed by atoms with Crippen LogP contribution < -0.4 is 22.1 Å². The van der Waals surface area contributed by atoms with Gasteiger partial charge in [-0.05, 0) is 24.3 Å². The number of carbonyl (C=O) groups excluding carboxylic acids is 3. The molecule has 0 aromatic heterocycles. The largest absolute Gasteiger partial charge is 0.324 e. The number of amides is 2. The van der Waals surface area contributed by atoms with Gasteiger partial charge in [0.05, 0.1) is 24.5 Å². The van der Waals surface area contributed by atoms with E-state index in [1.54, 1.807) is 48.5 Å². The van der Waals surface area contributed by atoms with Crippen LogP contribution in [0.1, 0.15) is 15.9 Å². The molecule has 124 valence electrons. The van der Waals surface area contributed by atoms with Crippen LogP contribution in [0.5, 0.6) is 0 Å². The number of hydrogen-bond acceptors (Lipinski definition) is 5. The van der Waals surface area contributed by atoms with E-state index in [1.807, 2.05) is 0 Å². The Balaban J connectivity index is 2.40. The number of nitrogens with two attached hydrogens (primary N) is 2. The number of anilines is 2. The van der Waals surface area contributed by atoms with Gasteiger partial charge in [-0.25, -0.2) is 0 Å². The Morgan fingerprint density at radius 2 is 1.08 bits per heavy atom. The Bertz CT molecular complexity index is 710. The minimum absolute atomic E-state index is 0.189. The summed E-state index contributed by atoms with van der Waals surface area (Å²) in [7, 11) is 0. The molecule has 7 nitrogen and oxygen atoms in total. The summed E-state index contributed by atoms with van der Waals surface area (Å²) in [6.07, 6.45) is 0. The van der Waals surface area contributed by atoms with Crippen molar-refractivity contribution in [1.29, 1.82) is 0 Å². The van der Waals surface area contributed by atoms with Crippen molar-refractivity contribution in [3.63, 3.8) is 0 Å². The maximum atomic E-state index is 12.9. The number of rotatable bonds is 6. The zero-order chi connectivity index (χ0) is 17.5. The molecular formula is C17H18N4O3. The highest BCUT2D eigenvalue weighted by Crippen LogP contribution is 2.23. The topological polar surface area (TPSA) is 127 Å². The zero-order valence-electron chi connectivity index (χ0n) is 12.9. The van der Waals surface area contributed by atoms with Gasteiger partial charge in [0.2, 0.25) is 11.8 Å². The molecular weight excluding hydrogens is 308 g/mol. The Hall–Kier alpha value is -3.03. The monoisotopic (exact) mass is 326 g/mol. The van der Waals surface area contributed by atoms with Crippen molar-refractivity contribution < 1.29 is 14.4 Å². The summed E-state index contributed by atoms with van der Waals surface area (Å²) in [4.78, 5) is 35.9. The van der Waals surface area contributed by atoms with Gasteiger partial charge in [0, 0.05) is 11.1 Å². The number of para-hydroxylation sites is 2. The van der Waals surface area contributed by atoms with Crippen LogP contribution >= 0.6 is 0 Å². The molecule has 0 saturated heterocycles. The van der Waals surface area contributed by atoms with Crippen molar-refractivity contribution in [2.24, 2.45) is 11.5 Å². The second kappa shape index (κ2) is 8.00. The van der Waals surface area contributed by atoms with Gasteiger partial charge in [-0.3, -0.25) is 14.4 Å². The molecule has 7 heteroatoms. The van der Waals surface area contributed by atoms with Crippen LogP contribution in [0.4, 0.5) is 11.4 Å². The quantitative estimate of drug-likeness (QED) is 0.581. The lowest BCUT2D eigenvalue weighted by molar-refractivity contribution is -0.115. The first-order valence-corrected chi connectivity index (χ1v) is 7.29. The standard InChI is InChI=1S/C17H18N4O3/c18-9-15(22)20-13-7-3-1-5-11(13)17(24)12-6-2-4-8-14(12)21-16(23)10-19/h1-8H,9-10,18-19H2,(H,20,22)(H,21,23). The normalized spacial score (nSPS) is 10.1. The molecule has 0 saturated carbocycles. The molecule has 0 radical (unpaired) electrons. The third kappa shape index (κ3) is 4.03. The molecule has 0 unspecified atom stereocenters. The van der Waals surface area contributed by atoms with Crippen molar-refractivity contribution in [3.05, 3.63) is 59.7 Å². The third-order valence-corrected chi connectivity index (χ3v) is 3.26. The number of hydrogen-bond donors (Lipinski definition) is 4. The van der Waals surface area contributed by atoms with Crippen molar-refractivity contribution in [3.8, 4) is 0 Å². The summed E-state index contributed by atoms with van der Waals surface area (Å²) in [5, 5.41) is 5.18. The number of benzene rings is 2. The van der Waals surface area contributed by atoms with Crippen LogP contribution in [-0.2, 0) is 9.59 Å². The summed E-state index contributed by atoms with van der Waals surface area (Å²) in [5.74, 6) is -1.14. The van der Waals surface area contributed by atoms with Gasteiger partial charge < -0.3 is 22.1 Å². The van der Waals surface area contributed by atoms with Gasteiger partial charge >= 0.3 is 0 Å². The molecule has 24 heavy (non-hydrogen) atoms. The van der Waals surface area contributed by atoms with E-state index in [2.05, 4.69) is 10.6 Å². The Morgan fingerprint density at radius 1 is 0.708 bits per heavy atom. The average molecular weight is 326 g/mol. The molecule has 0 fully saturated rings. The molecule has 2 aromatic carbocycles. The van der Waals surface area contributed by atoms with Crippen LogP contribution in [0.25, 0.3) is 0 Å². The highest BCUT2D eigenvalue weighted by molar-refractivity contribution is 6.17. The lowest BCUT2D eigenvalue weighted by Gasteiger charge is -2.13. The van der Waals surface area contributed by atoms with E-state index >= 15 is 0 Å². The van der Waals surface area contributed by atoms with Crippen molar-refractivity contribution >= 4 is 29.0 Å². The summed E-state index contributed by atoms with van der Waals surface area (Å²) in [6, 6.07) is 13.2. The van der Waals surface area contributed by atoms with E-state index in [0.717, 1.165) is 0 Å². The fourth-order valence-electron chi connectivity index (χ4n) is 2.13. The first kappa shape index (κ1) is 17.3. The fraction of sp³-hybridized carbons (Fsp3) is 0.118. The maximum Gasteiger partial charge on any atom is 0.238 e. The number of ketones is 1. The minimum atomic E-state index is -0.403. The Kier molecular flexibility index (Phi) is 5.78. The summed E-state index contributed by atoms with van der Waals surface area (Å²) < 4.78 is 0. The highest BCUT2D eigenvalue weighted by Gasteiger charge is 2.18. The number of carbonyl (C=O) groups is 3. The zero-order valence-corrected chi connectivity index (χ0v) is 12.9. The van der Waals surface area contributed by atoms with Gasteiger partial charge in [-0.2, -0.15) is 0 Å². The van der Waals surface area contributed by atoms with Crippen LogP contribution in [-0.4, -0.2) is 30.7 Å². The molecule has 0 atom stereocenters. The van der Waals surface area contributed by atoms with Gasteiger partial charge in [-0.15, -0.1) is 0 Å². The highest BCUT2D eigenvalue weighted by atomic mass is 16.2. The van der Waals surface area contributed by atoms with E-state index < -0.39 is 11.8 Å². The van der Waals surface area contributed by atoms with Gasteiger partial charge in [-0.1, -0.05) is 24.3 Å². The van der Waals surface area contributed by atoms with Crippen LogP contribution in [0.2, 0.25) is 0 Å². The predicted molar refractivity (Wildman–Crippen MR) is 91.7 cm³/mol. The minimum Gasteiger partial charge on any atom is -0.324 e. The van der Waals surface area contributed by atoms with Crippen molar-refractivity contribution in [2.45, 2.75) is 0 Å². The van der Waals surface area contributed by atoms with Crippen LogP contribution in [0.15, 0.2) is 48.5 Å². The maximum absolute atomic E-state index is 12.9. The van der Waals surface area contributed by atoms with Crippen LogP contribution in [0.3, 0.4) is 0 Å². The van der Waals surface area contributed by atoms with E-state index in [1.165, 1.54) is 0 Å². The molecule has 2 rings (SSSR count). The predicted octanol–water partition coefficient (Wildman–Crippen LogP) is 0.712. The number of nitrogens with one attached hydrogen (secondary N) is 2. The van der Waals surface area contributed by atoms with Gasteiger partial charge in [0.15, 0.2) is 5.78 Å². The molecule has 2 amide bonds. The summed E-state index contributed by atoms with van der Waals surface area (Å²) >= 11 is 0. The summed E-state index contributed by atoms with van der Waals surface area (Å²) in [5.41, 5.74) is 11.9. The molecule has 0 spiro atoms. The van der Waals surface area contributed by atoms with E-state index in [-0.39, 0.29) is 18.9 Å². The molecule has 0 bridgehead atoms. The second-order valence-corrected chi connectivity index (χ2v) is 4.92. The smallest absolute Gasteiger partial charge is 0.238 e. The third-order valence-electron chi connectivity index (χ3n) is 3.26. The molecule has 0 aliphatic rings. The van der Waals surface area contributed by atoms with Gasteiger partial charge in [0.25, 0.3) is 0 Å². The van der Waals surface area contributed by atoms with E-state index in [0.29, 0.717) is 22.5 Å². The average Bonchev–Trinajstić information content (AvgIpc) is 2.61. The molecule has 0 aliphatic heterocycles. The van der Waals surface area contributed by atoms with Crippen molar-refractivity contribution in [2.75, 3.05) is 23.7 Å². The Labute approximate surface area is 139 Å². The summed E-state index contributed by atoms with van der Waals surface area (Å²) in [6.45, 7) is -0.378. The first-order valence-electron chi connectivity index (χ1n) is 7.29. The van der Waals surface area contributed by atoms with E-state index in [9.17, 15) is 14.4 Å². The van der Waals surface area contributed by atoms with E-state index in [4.69, 9.17) is 11.5 Å².